The van der Waals surface area contributed by atoms with Crippen molar-refractivity contribution in [2.45, 2.75) is 46.1 Å². The van der Waals surface area contributed by atoms with Gasteiger partial charge in [-0.3, -0.25) is 4.79 Å². The Morgan fingerprint density at radius 2 is 2.10 bits per heavy atom. The first-order valence-electron chi connectivity index (χ1n) is 7.52. The molecule has 4 atom stereocenters. The van der Waals surface area contributed by atoms with Gasteiger partial charge >= 0.3 is 0 Å². The number of allylic oxidation sites excluding steroid dienone is 1. The van der Waals surface area contributed by atoms with Gasteiger partial charge in [0.05, 0.1) is 11.8 Å². The lowest BCUT2D eigenvalue weighted by Crippen LogP contribution is -2.42. The van der Waals surface area contributed by atoms with Crippen LogP contribution in [0.1, 0.15) is 40.0 Å². The molecular formula is C15H23NO3S. The van der Waals surface area contributed by atoms with E-state index >= 15 is 0 Å². The summed E-state index contributed by atoms with van der Waals surface area (Å²) in [5.74, 6) is 1.35. The van der Waals surface area contributed by atoms with E-state index in [4.69, 9.17) is 0 Å². The van der Waals surface area contributed by atoms with E-state index in [0.29, 0.717) is 17.8 Å². The van der Waals surface area contributed by atoms with Crippen molar-refractivity contribution in [3.8, 4) is 0 Å². The van der Waals surface area contributed by atoms with Crippen molar-refractivity contribution in [3.05, 3.63) is 12.2 Å². The molecule has 3 aliphatic rings. The lowest BCUT2D eigenvalue weighted by molar-refractivity contribution is -0.123. The monoisotopic (exact) mass is 297 g/mol. The number of hydrogen-bond acceptors (Lipinski definition) is 3. The molecule has 5 heteroatoms. The second-order valence-corrected chi connectivity index (χ2v) is 8.79. The Labute approximate surface area is 121 Å². The number of sulfonamides is 1. The van der Waals surface area contributed by atoms with Crippen molar-refractivity contribution < 1.29 is 13.2 Å². The highest BCUT2D eigenvalue weighted by Gasteiger charge is 2.69. The molecule has 0 aromatic carbocycles. The number of hydrogen-bond donors (Lipinski definition) is 0. The van der Waals surface area contributed by atoms with Gasteiger partial charge in [-0.2, -0.15) is 0 Å². The molecule has 1 heterocycles. The SMILES string of the molecule is CC=CC(=O)N1C2CC3CCC2(CS1(=O)=O)C3C(C)C. The van der Waals surface area contributed by atoms with Gasteiger partial charge in [-0.15, -0.1) is 0 Å². The fraction of sp³-hybridized carbons (Fsp3) is 0.800. The molecule has 1 amide bonds. The summed E-state index contributed by atoms with van der Waals surface area (Å²) in [6, 6.07) is -0.0950. The smallest absolute Gasteiger partial charge is 0.259 e. The van der Waals surface area contributed by atoms with Crippen LogP contribution in [0.5, 0.6) is 0 Å². The Bertz CT molecular complexity index is 566. The molecular weight excluding hydrogens is 274 g/mol. The number of nitrogens with zero attached hydrogens (tertiary/aromatic N) is 1. The maximum Gasteiger partial charge on any atom is 0.259 e. The predicted molar refractivity (Wildman–Crippen MR) is 77.3 cm³/mol. The van der Waals surface area contributed by atoms with Gasteiger partial charge in [-0.05, 0) is 50.0 Å². The minimum absolute atomic E-state index is 0.0950. The molecule has 4 unspecified atom stereocenters. The predicted octanol–water partition coefficient (Wildman–Crippen LogP) is 2.18. The molecule has 3 fully saturated rings. The molecule has 20 heavy (non-hydrogen) atoms. The number of carbonyl (C=O) groups excluding carboxylic acids is 1. The average Bonchev–Trinajstić information content (AvgIpc) is 2.87. The van der Waals surface area contributed by atoms with Crippen molar-refractivity contribution in [2.75, 3.05) is 5.75 Å². The van der Waals surface area contributed by atoms with Gasteiger partial charge in [0.15, 0.2) is 0 Å². The van der Waals surface area contributed by atoms with Crippen LogP contribution in [-0.2, 0) is 14.8 Å². The van der Waals surface area contributed by atoms with Crippen LogP contribution in [0.15, 0.2) is 12.2 Å². The highest BCUT2D eigenvalue weighted by atomic mass is 32.2. The van der Waals surface area contributed by atoms with Gasteiger partial charge in [-0.25, -0.2) is 12.7 Å². The van der Waals surface area contributed by atoms with Crippen LogP contribution in [0.3, 0.4) is 0 Å². The summed E-state index contributed by atoms with van der Waals surface area (Å²) >= 11 is 0. The molecule has 0 aromatic rings. The van der Waals surface area contributed by atoms with Gasteiger partial charge in [0.25, 0.3) is 5.91 Å². The Kier molecular flexibility index (Phi) is 3.05. The molecule has 3 rings (SSSR count). The Morgan fingerprint density at radius 1 is 1.40 bits per heavy atom. The molecule has 1 saturated heterocycles. The zero-order valence-electron chi connectivity index (χ0n) is 12.4. The maximum absolute atomic E-state index is 12.5. The Balaban J connectivity index is 2.04. The molecule has 0 N–H and O–H groups in total. The van der Waals surface area contributed by atoms with E-state index in [2.05, 4.69) is 13.8 Å². The highest BCUT2D eigenvalue weighted by molar-refractivity contribution is 7.90. The van der Waals surface area contributed by atoms with E-state index in [0.717, 1.165) is 19.3 Å². The number of fused-ring (bicyclic) bond motifs is 1. The lowest BCUT2D eigenvalue weighted by Gasteiger charge is -2.33. The third-order valence-corrected chi connectivity index (χ3v) is 7.56. The minimum Gasteiger partial charge on any atom is -0.269 e. The van der Waals surface area contributed by atoms with Crippen molar-refractivity contribution in [2.24, 2.45) is 23.2 Å². The minimum atomic E-state index is -3.45. The van der Waals surface area contributed by atoms with Gasteiger partial charge in [0.2, 0.25) is 10.0 Å². The molecule has 2 aliphatic carbocycles. The second kappa shape index (κ2) is 4.33. The van der Waals surface area contributed by atoms with Crippen LogP contribution in [0.2, 0.25) is 0 Å². The van der Waals surface area contributed by atoms with E-state index in [9.17, 15) is 13.2 Å². The highest BCUT2D eigenvalue weighted by Crippen LogP contribution is 2.65. The molecule has 2 saturated carbocycles. The van der Waals surface area contributed by atoms with Crippen LogP contribution >= 0.6 is 0 Å². The van der Waals surface area contributed by atoms with Gasteiger partial charge in [-0.1, -0.05) is 19.9 Å². The standard InChI is InChI=1S/C15H23NO3S/c1-4-5-13(17)16-12-8-11-6-7-15(12,9-20(16,18)19)14(11)10(2)3/h4-5,10-12,14H,6-9H2,1-3H3. The van der Waals surface area contributed by atoms with Gasteiger partial charge in [0.1, 0.15) is 0 Å². The summed E-state index contributed by atoms with van der Waals surface area (Å²) in [5.41, 5.74) is -0.172. The third-order valence-electron chi connectivity index (χ3n) is 5.62. The molecule has 0 aromatic heterocycles. The topological polar surface area (TPSA) is 54.5 Å². The molecule has 4 nitrogen and oxygen atoms in total. The number of amides is 1. The molecule has 2 bridgehead atoms. The van der Waals surface area contributed by atoms with Crippen LogP contribution in [0.4, 0.5) is 0 Å². The molecule has 112 valence electrons. The van der Waals surface area contributed by atoms with E-state index in [1.165, 1.54) is 10.4 Å². The van der Waals surface area contributed by atoms with Gasteiger partial charge < -0.3 is 0 Å². The first kappa shape index (κ1) is 14.1. The van der Waals surface area contributed by atoms with Crippen LogP contribution in [0, 0.1) is 23.2 Å². The zero-order valence-corrected chi connectivity index (χ0v) is 13.2. The number of carbonyl (C=O) groups is 1. The van der Waals surface area contributed by atoms with Gasteiger partial charge in [0, 0.05) is 5.41 Å². The fourth-order valence-corrected chi connectivity index (χ4v) is 7.72. The van der Waals surface area contributed by atoms with E-state index in [1.807, 2.05) is 0 Å². The maximum atomic E-state index is 12.5. The van der Waals surface area contributed by atoms with E-state index in [1.54, 1.807) is 13.0 Å². The normalized spacial score (nSPS) is 41.8. The van der Waals surface area contributed by atoms with E-state index in [-0.39, 0.29) is 23.1 Å². The summed E-state index contributed by atoms with van der Waals surface area (Å²) in [6.07, 6.45) is 5.96. The summed E-state index contributed by atoms with van der Waals surface area (Å²) in [4.78, 5) is 12.2. The average molecular weight is 297 g/mol. The lowest BCUT2D eigenvalue weighted by atomic mass is 9.73. The second-order valence-electron chi connectivity index (χ2n) is 6.94. The third kappa shape index (κ3) is 1.65. The Morgan fingerprint density at radius 3 is 2.70 bits per heavy atom. The van der Waals surface area contributed by atoms with Crippen molar-refractivity contribution in [3.63, 3.8) is 0 Å². The molecule has 1 aliphatic heterocycles. The fourth-order valence-electron chi connectivity index (χ4n) is 5.36. The van der Waals surface area contributed by atoms with Crippen LogP contribution < -0.4 is 0 Å². The summed E-state index contributed by atoms with van der Waals surface area (Å²) in [5, 5.41) is 0. The van der Waals surface area contributed by atoms with Crippen LogP contribution in [0.25, 0.3) is 0 Å². The zero-order chi connectivity index (χ0) is 14.7. The quantitative estimate of drug-likeness (QED) is 0.734. The summed E-state index contributed by atoms with van der Waals surface area (Å²) in [6.45, 7) is 6.13. The molecule has 0 radical (unpaired) electrons. The Hall–Kier alpha value is -0.840. The van der Waals surface area contributed by atoms with E-state index < -0.39 is 10.0 Å². The van der Waals surface area contributed by atoms with Crippen molar-refractivity contribution in [1.82, 2.24) is 4.31 Å². The summed E-state index contributed by atoms with van der Waals surface area (Å²) in [7, 11) is -3.45. The largest absolute Gasteiger partial charge is 0.269 e. The van der Waals surface area contributed by atoms with Crippen molar-refractivity contribution in [1.29, 1.82) is 0 Å². The van der Waals surface area contributed by atoms with Crippen LogP contribution in [-0.4, -0.2) is 30.4 Å². The summed E-state index contributed by atoms with van der Waals surface area (Å²) < 4.78 is 26.2. The van der Waals surface area contributed by atoms with Crippen molar-refractivity contribution >= 4 is 15.9 Å². The number of rotatable bonds is 2. The first-order valence-corrected chi connectivity index (χ1v) is 9.13. The first-order chi connectivity index (χ1) is 9.33. The molecule has 1 spiro atoms.